The molecule has 1 amide bonds. The van der Waals surface area contributed by atoms with E-state index in [1.54, 1.807) is 6.20 Å². The van der Waals surface area contributed by atoms with Crippen LogP contribution in [0.15, 0.2) is 6.20 Å². The van der Waals surface area contributed by atoms with Crippen LogP contribution in [0.2, 0.25) is 0 Å². The molecule has 6 heteroatoms. The highest BCUT2D eigenvalue weighted by molar-refractivity contribution is 7.15. The molecule has 0 unspecified atom stereocenters. The molecule has 3 N–H and O–H groups in total. The van der Waals surface area contributed by atoms with Gasteiger partial charge in [-0.3, -0.25) is 10.2 Å². The summed E-state index contributed by atoms with van der Waals surface area (Å²) in [5.74, 6) is 5.55. The summed E-state index contributed by atoms with van der Waals surface area (Å²) in [6.07, 6.45) is 7.00. The molecule has 0 bridgehead atoms. The number of aromatic nitrogens is 1. The average molecular weight is 254 g/mol. The number of hydrogen-bond acceptors (Lipinski definition) is 5. The van der Waals surface area contributed by atoms with Crippen LogP contribution in [0, 0.1) is 0 Å². The molecule has 1 saturated heterocycles. The molecule has 1 aliphatic heterocycles. The molecule has 94 valence electrons. The number of thiazole rings is 1. The highest BCUT2D eigenvalue weighted by atomic mass is 32.1. The zero-order valence-electron chi connectivity index (χ0n) is 9.82. The first-order valence-electron chi connectivity index (χ1n) is 5.98. The topological polar surface area (TPSA) is 71.2 Å². The third-order valence-corrected chi connectivity index (χ3v) is 3.86. The van der Waals surface area contributed by atoms with E-state index in [9.17, 15) is 4.79 Å². The fourth-order valence-electron chi connectivity index (χ4n) is 2.02. The van der Waals surface area contributed by atoms with E-state index in [0.717, 1.165) is 24.3 Å². The van der Waals surface area contributed by atoms with Crippen LogP contribution < -0.4 is 11.3 Å². The van der Waals surface area contributed by atoms with Gasteiger partial charge in [-0.2, -0.15) is 0 Å². The molecule has 1 aliphatic rings. The van der Waals surface area contributed by atoms with Gasteiger partial charge in [0.15, 0.2) is 5.13 Å². The first-order valence-corrected chi connectivity index (χ1v) is 6.80. The number of nitrogens with zero attached hydrogens (tertiary/aromatic N) is 2. The zero-order chi connectivity index (χ0) is 12.1. The third-order valence-electron chi connectivity index (χ3n) is 2.95. The van der Waals surface area contributed by atoms with E-state index in [1.807, 2.05) is 4.90 Å². The van der Waals surface area contributed by atoms with Crippen LogP contribution in [0.25, 0.3) is 0 Å². The molecule has 1 aromatic heterocycles. The Morgan fingerprint density at radius 3 is 3.00 bits per heavy atom. The van der Waals surface area contributed by atoms with Crippen molar-refractivity contribution in [3.05, 3.63) is 11.1 Å². The summed E-state index contributed by atoms with van der Waals surface area (Å²) in [5.41, 5.74) is 2.52. The van der Waals surface area contributed by atoms with Crippen LogP contribution in [0.4, 0.5) is 5.13 Å². The summed E-state index contributed by atoms with van der Waals surface area (Å²) >= 11 is 1.50. The molecule has 0 spiro atoms. The van der Waals surface area contributed by atoms with Crippen molar-refractivity contribution in [2.45, 2.75) is 38.6 Å². The Hall–Kier alpha value is -1.14. The number of likely N-dealkylation sites (tertiary alicyclic amines) is 1. The second kappa shape index (κ2) is 5.97. The molecule has 0 saturated carbocycles. The lowest BCUT2D eigenvalue weighted by molar-refractivity contribution is -0.132. The molecular weight excluding hydrogens is 236 g/mol. The van der Waals surface area contributed by atoms with Crippen molar-refractivity contribution in [1.82, 2.24) is 9.88 Å². The summed E-state index contributed by atoms with van der Waals surface area (Å²) in [6, 6.07) is 0. The Labute approximate surface area is 105 Å². The van der Waals surface area contributed by atoms with Crippen molar-refractivity contribution in [2.24, 2.45) is 5.84 Å². The second-order valence-electron chi connectivity index (χ2n) is 4.26. The van der Waals surface area contributed by atoms with E-state index in [1.165, 1.54) is 24.2 Å². The molecule has 17 heavy (non-hydrogen) atoms. The minimum atomic E-state index is 0.264. The lowest BCUT2D eigenvalue weighted by Crippen LogP contribution is -2.32. The van der Waals surface area contributed by atoms with Crippen LogP contribution >= 0.6 is 11.3 Å². The molecule has 0 atom stereocenters. The molecule has 5 nitrogen and oxygen atoms in total. The standard InChI is InChI=1S/C11H18N4OS/c12-14-11-13-7-9(17-11)8-15-6-4-2-1-3-5-10(15)16/h7H,1-6,8,12H2,(H,13,14). The predicted molar refractivity (Wildman–Crippen MR) is 68.4 cm³/mol. The Balaban J connectivity index is 1.97. The maximum Gasteiger partial charge on any atom is 0.222 e. The monoisotopic (exact) mass is 254 g/mol. The van der Waals surface area contributed by atoms with E-state index in [2.05, 4.69) is 10.4 Å². The van der Waals surface area contributed by atoms with Crippen molar-refractivity contribution >= 4 is 22.4 Å². The maximum absolute atomic E-state index is 11.9. The van der Waals surface area contributed by atoms with Gasteiger partial charge in [-0.1, -0.05) is 24.2 Å². The Morgan fingerprint density at radius 2 is 2.24 bits per heavy atom. The number of amides is 1. The number of carbonyl (C=O) groups excluding carboxylic acids is 1. The zero-order valence-corrected chi connectivity index (χ0v) is 10.6. The van der Waals surface area contributed by atoms with Crippen molar-refractivity contribution in [1.29, 1.82) is 0 Å². The molecule has 2 heterocycles. The maximum atomic E-state index is 11.9. The number of hydrazine groups is 1. The molecule has 0 aromatic carbocycles. The minimum Gasteiger partial charge on any atom is -0.337 e. The highest BCUT2D eigenvalue weighted by Gasteiger charge is 2.16. The smallest absolute Gasteiger partial charge is 0.222 e. The molecule has 0 radical (unpaired) electrons. The number of nitrogens with two attached hydrogens (primary N) is 1. The van der Waals surface area contributed by atoms with Crippen LogP contribution in [-0.4, -0.2) is 22.3 Å². The Kier molecular flexibility index (Phi) is 4.33. The quantitative estimate of drug-likeness (QED) is 0.636. The first kappa shape index (κ1) is 12.3. The number of hydrogen-bond donors (Lipinski definition) is 2. The largest absolute Gasteiger partial charge is 0.337 e. The van der Waals surface area contributed by atoms with Crippen molar-refractivity contribution < 1.29 is 4.79 Å². The summed E-state index contributed by atoms with van der Waals surface area (Å²) in [6.45, 7) is 1.53. The summed E-state index contributed by atoms with van der Waals surface area (Å²) in [4.78, 5) is 19.0. The van der Waals surface area contributed by atoms with Gasteiger partial charge in [0.2, 0.25) is 5.91 Å². The number of anilines is 1. The molecule has 0 aliphatic carbocycles. The van der Waals surface area contributed by atoms with Gasteiger partial charge < -0.3 is 4.90 Å². The predicted octanol–water partition coefficient (Wildman–Crippen LogP) is 1.72. The third kappa shape index (κ3) is 3.41. The molecule has 2 rings (SSSR count). The van der Waals surface area contributed by atoms with Gasteiger partial charge in [0.05, 0.1) is 6.54 Å². The van der Waals surface area contributed by atoms with E-state index < -0.39 is 0 Å². The van der Waals surface area contributed by atoms with Gasteiger partial charge >= 0.3 is 0 Å². The second-order valence-corrected chi connectivity index (χ2v) is 5.37. The van der Waals surface area contributed by atoms with Gasteiger partial charge in [0.1, 0.15) is 0 Å². The fourth-order valence-corrected chi connectivity index (χ4v) is 2.76. The van der Waals surface area contributed by atoms with Gasteiger partial charge in [-0.15, -0.1) is 0 Å². The van der Waals surface area contributed by atoms with Crippen LogP contribution in [0.1, 0.15) is 37.0 Å². The van der Waals surface area contributed by atoms with Crippen molar-refractivity contribution in [3.63, 3.8) is 0 Å². The van der Waals surface area contributed by atoms with Crippen LogP contribution in [0.3, 0.4) is 0 Å². The Morgan fingerprint density at radius 1 is 1.41 bits per heavy atom. The number of nitrogens with one attached hydrogen (secondary N) is 1. The van der Waals surface area contributed by atoms with E-state index in [4.69, 9.17) is 5.84 Å². The average Bonchev–Trinajstić information content (AvgIpc) is 2.77. The van der Waals surface area contributed by atoms with Gasteiger partial charge in [-0.25, -0.2) is 10.8 Å². The lowest BCUT2D eigenvalue weighted by atomic mass is 10.1. The van der Waals surface area contributed by atoms with Gasteiger partial charge in [0.25, 0.3) is 0 Å². The summed E-state index contributed by atoms with van der Waals surface area (Å²) in [7, 11) is 0. The van der Waals surface area contributed by atoms with Crippen LogP contribution in [-0.2, 0) is 11.3 Å². The minimum absolute atomic E-state index is 0.264. The van der Waals surface area contributed by atoms with Gasteiger partial charge in [0, 0.05) is 24.0 Å². The molecule has 1 aromatic rings. The molecular formula is C11H18N4OS. The number of rotatable bonds is 3. The number of nitrogen functional groups attached to an aromatic ring is 1. The van der Waals surface area contributed by atoms with Gasteiger partial charge in [-0.05, 0) is 12.8 Å². The normalized spacial score (nSPS) is 17.7. The van der Waals surface area contributed by atoms with E-state index in [-0.39, 0.29) is 5.91 Å². The molecule has 1 fully saturated rings. The fraction of sp³-hybridized carbons (Fsp3) is 0.636. The Bertz CT molecular complexity index is 379. The van der Waals surface area contributed by atoms with Crippen molar-refractivity contribution in [2.75, 3.05) is 12.0 Å². The number of carbonyl (C=O) groups is 1. The summed E-state index contributed by atoms with van der Waals surface area (Å²) in [5, 5.41) is 0.694. The van der Waals surface area contributed by atoms with E-state index >= 15 is 0 Å². The van der Waals surface area contributed by atoms with Crippen LogP contribution in [0.5, 0.6) is 0 Å². The lowest BCUT2D eigenvalue weighted by Gasteiger charge is -2.24. The van der Waals surface area contributed by atoms with Crippen molar-refractivity contribution in [3.8, 4) is 0 Å². The highest BCUT2D eigenvalue weighted by Crippen LogP contribution is 2.20. The SMILES string of the molecule is NNc1ncc(CN2CCCCCCC2=O)s1. The first-order chi connectivity index (χ1) is 8.29. The van der Waals surface area contributed by atoms with E-state index in [0.29, 0.717) is 18.1 Å². The summed E-state index contributed by atoms with van der Waals surface area (Å²) < 4.78 is 0.